The van der Waals surface area contributed by atoms with Gasteiger partial charge in [-0.15, -0.1) is 0 Å². The number of carbonyl (C=O) groups is 2. The Bertz CT molecular complexity index is 894. The SMILES string of the molecule is CN(Cc1ccccc1)C(=O)c1ccc(C(=O)NCc2cccnc2)cc1. The van der Waals surface area contributed by atoms with Crippen LogP contribution in [0.15, 0.2) is 79.1 Å². The summed E-state index contributed by atoms with van der Waals surface area (Å²) in [6, 6.07) is 20.3. The van der Waals surface area contributed by atoms with Crippen LogP contribution in [0.3, 0.4) is 0 Å². The summed E-state index contributed by atoms with van der Waals surface area (Å²) in [5.41, 5.74) is 3.07. The van der Waals surface area contributed by atoms with Crippen LogP contribution in [0.1, 0.15) is 31.8 Å². The fourth-order valence-electron chi connectivity index (χ4n) is 2.70. The van der Waals surface area contributed by atoms with Gasteiger partial charge in [-0.3, -0.25) is 14.6 Å². The number of pyridine rings is 1. The molecule has 1 aromatic heterocycles. The summed E-state index contributed by atoms with van der Waals surface area (Å²) in [4.78, 5) is 30.5. The zero-order valence-electron chi connectivity index (χ0n) is 15.1. The lowest BCUT2D eigenvalue weighted by molar-refractivity contribution is 0.0784. The first-order chi connectivity index (χ1) is 13.1. The van der Waals surface area contributed by atoms with Crippen LogP contribution < -0.4 is 5.32 Å². The lowest BCUT2D eigenvalue weighted by Gasteiger charge is -2.17. The molecule has 2 amide bonds. The van der Waals surface area contributed by atoms with Crippen LogP contribution in [0.25, 0.3) is 0 Å². The molecule has 3 aromatic rings. The summed E-state index contributed by atoms with van der Waals surface area (Å²) in [6.45, 7) is 0.945. The molecular weight excluding hydrogens is 338 g/mol. The fourth-order valence-corrected chi connectivity index (χ4v) is 2.70. The third kappa shape index (κ3) is 5.01. The second-order valence-corrected chi connectivity index (χ2v) is 6.27. The molecule has 5 heteroatoms. The first-order valence-electron chi connectivity index (χ1n) is 8.70. The summed E-state index contributed by atoms with van der Waals surface area (Å²) in [7, 11) is 1.77. The Hall–Kier alpha value is -3.47. The molecule has 0 saturated carbocycles. The Morgan fingerprint density at radius 3 is 2.22 bits per heavy atom. The minimum Gasteiger partial charge on any atom is -0.348 e. The summed E-state index contributed by atoms with van der Waals surface area (Å²) < 4.78 is 0. The number of nitrogens with zero attached hydrogens (tertiary/aromatic N) is 2. The van der Waals surface area contributed by atoms with E-state index in [9.17, 15) is 9.59 Å². The van der Waals surface area contributed by atoms with E-state index in [1.807, 2.05) is 42.5 Å². The van der Waals surface area contributed by atoms with Gasteiger partial charge in [-0.05, 0) is 41.5 Å². The maximum absolute atomic E-state index is 12.6. The van der Waals surface area contributed by atoms with Crippen LogP contribution in [0.2, 0.25) is 0 Å². The lowest BCUT2D eigenvalue weighted by Crippen LogP contribution is -2.26. The minimum absolute atomic E-state index is 0.0822. The number of hydrogen-bond acceptors (Lipinski definition) is 3. The number of nitrogens with one attached hydrogen (secondary N) is 1. The van der Waals surface area contributed by atoms with Crippen LogP contribution >= 0.6 is 0 Å². The third-order valence-corrected chi connectivity index (χ3v) is 4.18. The molecule has 0 fully saturated rings. The third-order valence-electron chi connectivity index (χ3n) is 4.18. The molecule has 3 rings (SSSR count). The van der Waals surface area contributed by atoms with E-state index in [0.29, 0.717) is 24.2 Å². The van der Waals surface area contributed by atoms with Crippen molar-refractivity contribution in [2.24, 2.45) is 0 Å². The van der Waals surface area contributed by atoms with Gasteiger partial charge >= 0.3 is 0 Å². The van der Waals surface area contributed by atoms with E-state index in [1.54, 1.807) is 48.6 Å². The molecule has 27 heavy (non-hydrogen) atoms. The Kier molecular flexibility index (Phi) is 5.94. The number of rotatable bonds is 6. The first-order valence-corrected chi connectivity index (χ1v) is 8.70. The number of aromatic nitrogens is 1. The Morgan fingerprint density at radius 1 is 0.889 bits per heavy atom. The molecule has 0 radical (unpaired) electrons. The molecule has 136 valence electrons. The van der Waals surface area contributed by atoms with Crippen molar-refractivity contribution < 1.29 is 9.59 Å². The van der Waals surface area contributed by atoms with E-state index in [4.69, 9.17) is 0 Å². The molecule has 0 aliphatic carbocycles. The van der Waals surface area contributed by atoms with Crippen molar-refractivity contribution in [1.29, 1.82) is 0 Å². The zero-order chi connectivity index (χ0) is 19.1. The normalized spacial score (nSPS) is 10.3. The minimum atomic E-state index is -0.185. The van der Waals surface area contributed by atoms with Crippen molar-refractivity contribution in [2.75, 3.05) is 7.05 Å². The van der Waals surface area contributed by atoms with Gasteiger partial charge in [0.05, 0.1) is 0 Å². The highest BCUT2D eigenvalue weighted by molar-refractivity contribution is 5.97. The van der Waals surface area contributed by atoms with Crippen LogP contribution in [-0.2, 0) is 13.1 Å². The van der Waals surface area contributed by atoms with Gasteiger partial charge < -0.3 is 10.2 Å². The summed E-state index contributed by atoms with van der Waals surface area (Å²) in [5.74, 6) is -0.267. The average Bonchev–Trinajstić information content (AvgIpc) is 2.73. The predicted molar refractivity (Wildman–Crippen MR) is 104 cm³/mol. The quantitative estimate of drug-likeness (QED) is 0.735. The standard InChI is InChI=1S/C22H21N3O2/c1-25(16-17-6-3-2-4-7-17)22(27)20-11-9-19(10-12-20)21(26)24-15-18-8-5-13-23-14-18/h2-14H,15-16H2,1H3,(H,24,26). The molecule has 1 heterocycles. The van der Waals surface area contributed by atoms with E-state index in [2.05, 4.69) is 10.3 Å². The molecule has 0 bridgehead atoms. The van der Waals surface area contributed by atoms with E-state index in [1.165, 1.54) is 0 Å². The number of amides is 2. The highest BCUT2D eigenvalue weighted by Gasteiger charge is 2.13. The monoisotopic (exact) mass is 359 g/mol. The van der Waals surface area contributed by atoms with Crippen molar-refractivity contribution in [2.45, 2.75) is 13.1 Å². The van der Waals surface area contributed by atoms with E-state index < -0.39 is 0 Å². The summed E-state index contributed by atoms with van der Waals surface area (Å²) in [6.07, 6.45) is 3.40. The molecule has 0 spiro atoms. The molecule has 0 aliphatic heterocycles. The van der Waals surface area contributed by atoms with Gasteiger partial charge in [0.15, 0.2) is 0 Å². The Morgan fingerprint density at radius 2 is 1.56 bits per heavy atom. The Balaban J connectivity index is 1.58. The number of hydrogen-bond donors (Lipinski definition) is 1. The average molecular weight is 359 g/mol. The van der Waals surface area contributed by atoms with Gasteiger partial charge in [0, 0.05) is 43.7 Å². The van der Waals surface area contributed by atoms with Crippen molar-refractivity contribution in [3.63, 3.8) is 0 Å². The smallest absolute Gasteiger partial charge is 0.253 e. The van der Waals surface area contributed by atoms with Gasteiger partial charge in [0.1, 0.15) is 0 Å². The highest BCUT2D eigenvalue weighted by Crippen LogP contribution is 2.10. The fraction of sp³-hybridized carbons (Fsp3) is 0.136. The van der Waals surface area contributed by atoms with Crippen molar-refractivity contribution in [3.05, 3.63) is 101 Å². The summed E-state index contributed by atoms with van der Waals surface area (Å²) >= 11 is 0. The molecule has 5 nitrogen and oxygen atoms in total. The van der Waals surface area contributed by atoms with Gasteiger partial charge in [-0.2, -0.15) is 0 Å². The Labute approximate surface area is 158 Å². The van der Waals surface area contributed by atoms with Crippen LogP contribution in [-0.4, -0.2) is 28.7 Å². The first kappa shape index (κ1) is 18.3. The maximum atomic E-state index is 12.6. The molecule has 2 aromatic carbocycles. The van der Waals surface area contributed by atoms with Gasteiger partial charge in [0.25, 0.3) is 11.8 Å². The second-order valence-electron chi connectivity index (χ2n) is 6.27. The topological polar surface area (TPSA) is 62.3 Å². The van der Waals surface area contributed by atoms with Crippen molar-refractivity contribution >= 4 is 11.8 Å². The second kappa shape index (κ2) is 8.76. The summed E-state index contributed by atoms with van der Waals surface area (Å²) in [5, 5.41) is 2.85. The number of carbonyl (C=O) groups excluding carboxylic acids is 2. The van der Waals surface area contributed by atoms with Crippen molar-refractivity contribution in [1.82, 2.24) is 15.2 Å². The largest absolute Gasteiger partial charge is 0.348 e. The molecule has 1 N–H and O–H groups in total. The highest BCUT2D eigenvalue weighted by atomic mass is 16.2. The van der Waals surface area contributed by atoms with E-state index in [-0.39, 0.29) is 11.8 Å². The molecule has 0 saturated heterocycles. The molecule has 0 atom stereocenters. The molecule has 0 unspecified atom stereocenters. The number of benzene rings is 2. The van der Waals surface area contributed by atoms with Crippen molar-refractivity contribution in [3.8, 4) is 0 Å². The van der Waals surface area contributed by atoms with Crippen LogP contribution in [0.5, 0.6) is 0 Å². The zero-order valence-corrected chi connectivity index (χ0v) is 15.1. The van der Waals surface area contributed by atoms with Crippen LogP contribution in [0.4, 0.5) is 0 Å². The van der Waals surface area contributed by atoms with Gasteiger partial charge in [-0.1, -0.05) is 36.4 Å². The lowest BCUT2D eigenvalue weighted by atomic mass is 10.1. The molecule has 0 aliphatic rings. The predicted octanol–water partition coefficient (Wildman–Crippen LogP) is 3.28. The van der Waals surface area contributed by atoms with Gasteiger partial charge in [0.2, 0.25) is 0 Å². The van der Waals surface area contributed by atoms with Gasteiger partial charge in [-0.25, -0.2) is 0 Å². The molecular formula is C22H21N3O2. The van der Waals surface area contributed by atoms with E-state index in [0.717, 1.165) is 11.1 Å². The van der Waals surface area contributed by atoms with Crippen LogP contribution in [0, 0.1) is 0 Å². The van der Waals surface area contributed by atoms with E-state index >= 15 is 0 Å². The maximum Gasteiger partial charge on any atom is 0.253 e.